The first-order chi connectivity index (χ1) is 19.4. The second-order valence-electron chi connectivity index (χ2n) is 8.64. The van der Waals surface area contributed by atoms with Crippen LogP contribution < -0.4 is 15.0 Å². The Morgan fingerprint density at radius 3 is 2.22 bits per heavy atom. The van der Waals surface area contributed by atoms with Crippen LogP contribution >= 0.6 is 0 Å². The van der Waals surface area contributed by atoms with E-state index in [1.54, 1.807) is 0 Å². The summed E-state index contributed by atoms with van der Waals surface area (Å²) in [6.45, 7) is 0. The standard InChI is InChI=1S/C27H17F5N4O4S/c1-40-24-11-20(15-2-5-17(6-3-15)27(30,31)32)21(29)12-23(24)36-22-8-7-19(10-16(22)4-9-25(36)37)41(38,39)35-26-33-13-18(28)14-34-26/h2-14H,1H3,(H,33,34,35). The van der Waals surface area contributed by atoms with Gasteiger partial charge in [-0.2, -0.15) is 13.2 Å². The van der Waals surface area contributed by atoms with Gasteiger partial charge in [-0.25, -0.2) is 31.9 Å². The first-order valence-corrected chi connectivity index (χ1v) is 13.1. The second kappa shape index (κ2) is 10.3. The maximum atomic E-state index is 15.3. The quantitative estimate of drug-likeness (QED) is 0.261. The van der Waals surface area contributed by atoms with E-state index in [2.05, 4.69) is 14.7 Å². The SMILES string of the molecule is COc1cc(-c2ccc(C(F)(F)F)cc2)c(F)cc1-n1c(=O)ccc2cc(S(=O)(=O)Nc3ncc(F)cn3)ccc21. The predicted octanol–water partition coefficient (Wildman–Crippen LogP) is 5.55. The summed E-state index contributed by atoms with van der Waals surface area (Å²) >= 11 is 0. The van der Waals surface area contributed by atoms with Gasteiger partial charge in [0, 0.05) is 23.1 Å². The van der Waals surface area contributed by atoms with Crippen LogP contribution in [-0.4, -0.2) is 30.1 Å². The van der Waals surface area contributed by atoms with Crippen LogP contribution in [-0.2, 0) is 16.2 Å². The zero-order valence-corrected chi connectivity index (χ0v) is 21.6. The van der Waals surface area contributed by atoms with Gasteiger partial charge in [0.1, 0.15) is 11.6 Å². The van der Waals surface area contributed by atoms with E-state index >= 15 is 4.39 Å². The van der Waals surface area contributed by atoms with Crippen LogP contribution in [0.5, 0.6) is 5.75 Å². The molecular weight excluding hydrogens is 571 g/mol. The summed E-state index contributed by atoms with van der Waals surface area (Å²) < 4.78 is 102. The highest BCUT2D eigenvalue weighted by Crippen LogP contribution is 2.35. The van der Waals surface area contributed by atoms with E-state index in [1.165, 1.54) is 37.4 Å². The number of benzene rings is 3. The minimum Gasteiger partial charge on any atom is -0.495 e. The lowest BCUT2D eigenvalue weighted by atomic mass is 10.0. The first-order valence-electron chi connectivity index (χ1n) is 11.6. The Morgan fingerprint density at radius 1 is 0.902 bits per heavy atom. The van der Waals surface area contributed by atoms with Gasteiger partial charge in [0.05, 0.1) is 41.2 Å². The lowest BCUT2D eigenvalue weighted by molar-refractivity contribution is -0.137. The summed E-state index contributed by atoms with van der Waals surface area (Å²) in [4.78, 5) is 19.9. The maximum Gasteiger partial charge on any atom is 0.416 e. The third kappa shape index (κ3) is 5.45. The van der Waals surface area contributed by atoms with Crippen LogP contribution in [0.15, 0.2) is 88.8 Å². The van der Waals surface area contributed by atoms with Gasteiger partial charge in [-0.1, -0.05) is 12.1 Å². The zero-order valence-electron chi connectivity index (χ0n) is 20.8. The third-order valence-electron chi connectivity index (χ3n) is 6.05. The summed E-state index contributed by atoms with van der Waals surface area (Å²) in [6, 6.07) is 12.5. The molecule has 0 radical (unpaired) electrons. The van der Waals surface area contributed by atoms with Gasteiger partial charge in [-0.15, -0.1) is 0 Å². The minimum atomic E-state index is -4.56. The molecule has 14 heteroatoms. The van der Waals surface area contributed by atoms with Gasteiger partial charge in [-0.05, 0) is 48.0 Å². The van der Waals surface area contributed by atoms with E-state index in [0.29, 0.717) is 0 Å². The largest absolute Gasteiger partial charge is 0.495 e. The second-order valence-corrected chi connectivity index (χ2v) is 10.3. The van der Waals surface area contributed by atoms with Crippen molar-refractivity contribution in [2.45, 2.75) is 11.1 Å². The highest BCUT2D eigenvalue weighted by molar-refractivity contribution is 7.92. The number of aromatic nitrogens is 3. The van der Waals surface area contributed by atoms with Gasteiger partial charge >= 0.3 is 6.18 Å². The van der Waals surface area contributed by atoms with Crippen molar-refractivity contribution in [1.82, 2.24) is 14.5 Å². The summed E-state index contributed by atoms with van der Waals surface area (Å²) in [5.74, 6) is -1.92. The fourth-order valence-electron chi connectivity index (χ4n) is 4.12. The van der Waals surface area contributed by atoms with E-state index in [-0.39, 0.29) is 44.3 Å². The highest BCUT2D eigenvalue weighted by Gasteiger charge is 2.30. The van der Waals surface area contributed by atoms with Crippen LogP contribution in [0.25, 0.3) is 27.7 Å². The fraction of sp³-hybridized carbons (Fsp3) is 0.0741. The van der Waals surface area contributed by atoms with Crippen LogP contribution in [0, 0.1) is 11.6 Å². The number of hydrogen-bond donors (Lipinski definition) is 1. The Labute approximate surface area is 228 Å². The number of fused-ring (bicyclic) bond motifs is 1. The Morgan fingerprint density at radius 2 is 1.59 bits per heavy atom. The number of rotatable bonds is 6. The first kappa shape index (κ1) is 27.7. The lowest BCUT2D eigenvalue weighted by Crippen LogP contribution is -2.19. The molecule has 0 aliphatic rings. The number of anilines is 1. The molecule has 3 aromatic carbocycles. The average Bonchev–Trinajstić information content (AvgIpc) is 2.93. The maximum absolute atomic E-state index is 15.3. The number of sulfonamides is 1. The van der Waals surface area contributed by atoms with Crippen LogP contribution in [0.3, 0.4) is 0 Å². The van der Waals surface area contributed by atoms with E-state index in [4.69, 9.17) is 4.74 Å². The molecule has 1 N–H and O–H groups in total. The van der Waals surface area contributed by atoms with Gasteiger partial charge in [0.2, 0.25) is 5.95 Å². The molecule has 2 heterocycles. The third-order valence-corrected chi connectivity index (χ3v) is 7.38. The van der Waals surface area contributed by atoms with Gasteiger partial charge in [0.25, 0.3) is 15.6 Å². The Bertz CT molecular complexity index is 1940. The van der Waals surface area contributed by atoms with E-state index in [1.807, 2.05) is 0 Å². The molecular formula is C27H17F5N4O4S. The van der Waals surface area contributed by atoms with Crippen LogP contribution in [0.2, 0.25) is 0 Å². The molecule has 41 heavy (non-hydrogen) atoms. The number of nitrogens with one attached hydrogen (secondary N) is 1. The molecule has 0 atom stereocenters. The molecule has 2 aromatic heterocycles. The van der Waals surface area contributed by atoms with Crippen molar-refractivity contribution in [3.8, 4) is 22.6 Å². The molecule has 5 aromatic rings. The van der Waals surface area contributed by atoms with Crippen LogP contribution in [0.4, 0.5) is 27.9 Å². The molecule has 0 bridgehead atoms. The normalized spacial score (nSPS) is 12.0. The topological polar surface area (TPSA) is 103 Å². The Hall–Kier alpha value is -4.85. The number of nitrogens with zero attached hydrogens (tertiary/aromatic N) is 3. The molecule has 0 saturated heterocycles. The molecule has 0 spiro atoms. The number of hydrogen-bond acceptors (Lipinski definition) is 6. The van der Waals surface area contributed by atoms with Crippen molar-refractivity contribution in [2.75, 3.05) is 11.8 Å². The summed E-state index contributed by atoms with van der Waals surface area (Å²) in [5, 5.41) is 0.279. The number of halogens is 5. The molecule has 8 nitrogen and oxygen atoms in total. The number of methoxy groups -OCH3 is 1. The summed E-state index contributed by atoms with van der Waals surface area (Å²) in [6.07, 6.45) is -2.98. The van der Waals surface area contributed by atoms with E-state index in [9.17, 15) is 30.8 Å². The van der Waals surface area contributed by atoms with Crippen LogP contribution in [0.1, 0.15) is 5.56 Å². The zero-order chi connectivity index (χ0) is 29.5. The molecule has 210 valence electrons. The molecule has 0 unspecified atom stereocenters. The average molecular weight is 589 g/mol. The molecule has 0 fully saturated rings. The minimum absolute atomic E-state index is 0.0234. The van der Waals surface area contributed by atoms with Crippen molar-refractivity contribution < 1.29 is 35.1 Å². The molecule has 0 aliphatic heterocycles. The van der Waals surface area contributed by atoms with E-state index in [0.717, 1.165) is 53.4 Å². The number of ether oxygens (including phenoxy) is 1. The Balaban J connectivity index is 1.58. The molecule has 0 aliphatic carbocycles. The van der Waals surface area contributed by atoms with Gasteiger partial charge in [-0.3, -0.25) is 9.36 Å². The van der Waals surface area contributed by atoms with Crippen molar-refractivity contribution in [2.24, 2.45) is 0 Å². The Kier molecular flexibility index (Phi) is 6.95. The molecule has 5 rings (SSSR count). The van der Waals surface area contributed by atoms with Gasteiger partial charge in [0.15, 0.2) is 5.82 Å². The van der Waals surface area contributed by atoms with Crippen molar-refractivity contribution >= 4 is 26.9 Å². The molecule has 0 saturated carbocycles. The predicted molar refractivity (Wildman–Crippen MR) is 139 cm³/mol. The van der Waals surface area contributed by atoms with Crippen molar-refractivity contribution in [1.29, 1.82) is 0 Å². The highest BCUT2D eigenvalue weighted by atomic mass is 32.2. The number of pyridine rings is 1. The fourth-order valence-corrected chi connectivity index (χ4v) is 5.12. The summed E-state index contributed by atoms with van der Waals surface area (Å²) in [7, 11) is -2.94. The van der Waals surface area contributed by atoms with Crippen molar-refractivity contribution in [3.05, 3.63) is 107 Å². The summed E-state index contributed by atoms with van der Waals surface area (Å²) in [5.41, 5.74) is -1.22. The molecule has 0 amide bonds. The van der Waals surface area contributed by atoms with E-state index < -0.39 is 39.0 Å². The number of alkyl halides is 3. The monoisotopic (exact) mass is 588 g/mol. The van der Waals surface area contributed by atoms with Crippen molar-refractivity contribution in [3.63, 3.8) is 0 Å². The lowest BCUT2D eigenvalue weighted by Gasteiger charge is -2.17. The smallest absolute Gasteiger partial charge is 0.416 e. The van der Waals surface area contributed by atoms with Gasteiger partial charge < -0.3 is 4.74 Å².